The molecule has 1 aromatic carbocycles. The number of fused-ring (bicyclic) bond motifs is 1. The van der Waals surface area contributed by atoms with Crippen LogP contribution in [0.2, 0.25) is 0 Å². The predicted molar refractivity (Wildman–Crippen MR) is 83.4 cm³/mol. The van der Waals surface area contributed by atoms with Gasteiger partial charge in [0.15, 0.2) is 11.5 Å². The van der Waals surface area contributed by atoms with Crippen molar-refractivity contribution in [2.45, 2.75) is 18.9 Å². The first-order valence-electron chi connectivity index (χ1n) is 6.75. The van der Waals surface area contributed by atoms with Crippen molar-refractivity contribution < 1.29 is 14.3 Å². The molecule has 114 valence electrons. The molecule has 1 aromatic heterocycles. The normalized spacial score (nSPS) is 12.3. The highest BCUT2D eigenvalue weighted by atomic mass is 32.2. The number of benzene rings is 1. The summed E-state index contributed by atoms with van der Waals surface area (Å²) in [5, 5.41) is 3.63. The van der Waals surface area contributed by atoms with Crippen molar-refractivity contribution >= 4 is 23.4 Å². The zero-order valence-electron chi connectivity index (χ0n) is 12.3. The van der Waals surface area contributed by atoms with Crippen LogP contribution in [0.3, 0.4) is 0 Å². The highest BCUT2D eigenvalue weighted by molar-refractivity contribution is 7.99. The first kappa shape index (κ1) is 14.6. The van der Waals surface area contributed by atoms with Gasteiger partial charge in [-0.2, -0.15) is 0 Å². The molecule has 0 saturated heterocycles. The number of amides is 1. The SMILES string of the molecule is Cc1cc(SCC(=O)Nc2ccc3c(c2)OCO3)nc(C)n1. The third-order valence-electron chi connectivity index (χ3n) is 2.95. The van der Waals surface area contributed by atoms with Crippen molar-refractivity contribution in [3.05, 3.63) is 35.8 Å². The lowest BCUT2D eigenvalue weighted by molar-refractivity contribution is -0.113. The number of nitrogens with one attached hydrogen (secondary N) is 1. The molecule has 1 amide bonds. The van der Waals surface area contributed by atoms with E-state index < -0.39 is 0 Å². The number of aromatic nitrogens is 2. The van der Waals surface area contributed by atoms with E-state index in [4.69, 9.17) is 9.47 Å². The van der Waals surface area contributed by atoms with Crippen molar-refractivity contribution in [2.75, 3.05) is 17.9 Å². The maximum atomic E-state index is 12.0. The average Bonchev–Trinajstić information content (AvgIpc) is 2.92. The van der Waals surface area contributed by atoms with Gasteiger partial charge < -0.3 is 14.8 Å². The quantitative estimate of drug-likeness (QED) is 0.690. The van der Waals surface area contributed by atoms with Gasteiger partial charge in [0.2, 0.25) is 12.7 Å². The van der Waals surface area contributed by atoms with Crippen LogP contribution in [-0.2, 0) is 4.79 Å². The molecule has 0 saturated carbocycles. The Labute approximate surface area is 132 Å². The molecule has 3 rings (SSSR count). The van der Waals surface area contributed by atoms with Crippen LogP contribution in [-0.4, -0.2) is 28.4 Å². The second-order valence-electron chi connectivity index (χ2n) is 4.80. The maximum absolute atomic E-state index is 12.0. The van der Waals surface area contributed by atoms with Gasteiger partial charge in [-0.05, 0) is 32.0 Å². The molecule has 0 spiro atoms. The fraction of sp³-hybridized carbons (Fsp3) is 0.267. The molecule has 7 heteroatoms. The van der Waals surface area contributed by atoms with E-state index in [1.165, 1.54) is 11.8 Å². The largest absolute Gasteiger partial charge is 0.454 e. The summed E-state index contributed by atoms with van der Waals surface area (Å²) in [6, 6.07) is 7.19. The third kappa shape index (κ3) is 3.48. The molecule has 0 unspecified atom stereocenters. The third-order valence-corrected chi connectivity index (χ3v) is 3.86. The fourth-order valence-electron chi connectivity index (χ4n) is 2.07. The van der Waals surface area contributed by atoms with Crippen LogP contribution in [0, 0.1) is 13.8 Å². The van der Waals surface area contributed by atoms with Gasteiger partial charge in [-0.25, -0.2) is 9.97 Å². The van der Waals surface area contributed by atoms with Crippen molar-refractivity contribution in [2.24, 2.45) is 0 Å². The van der Waals surface area contributed by atoms with E-state index in [9.17, 15) is 4.79 Å². The maximum Gasteiger partial charge on any atom is 0.234 e. The molecular formula is C15H15N3O3S. The number of carbonyl (C=O) groups excluding carboxylic acids is 1. The minimum atomic E-state index is -0.0993. The van der Waals surface area contributed by atoms with Gasteiger partial charge in [-0.15, -0.1) is 0 Å². The van der Waals surface area contributed by atoms with Crippen LogP contribution < -0.4 is 14.8 Å². The summed E-state index contributed by atoms with van der Waals surface area (Å²) in [5.41, 5.74) is 1.58. The molecule has 1 aliphatic heterocycles. The Balaban J connectivity index is 1.58. The van der Waals surface area contributed by atoms with Crippen LogP contribution in [0.4, 0.5) is 5.69 Å². The van der Waals surface area contributed by atoms with E-state index in [0.717, 1.165) is 10.7 Å². The zero-order chi connectivity index (χ0) is 15.5. The number of hydrogen-bond donors (Lipinski definition) is 1. The minimum Gasteiger partial charge on any atom is -0.454 e. The first-order chi connectivity index (χ1) is 10.6. The van der Waals surface area contributed by atoms with Gasteiger partial charge >= 0.3 is 0 Å². The fourth-order valence-corrected chi connectivity index (χ4v) is 2.87. The van der Waals surface area contributed by atoms with E-state index in [0.29, 0.717) is 23.0 Å². The molecule has 0 radical (unpaired) electrons. The Morgan fingerprint density at radius 1 is 1.23 bits per heavy atom. The summed E-state index contributed by atoms with van der Waals surface area (Å²) in [4.78, 5) is 20.5. The molecule has 0 bridgehead atoms. The standard InChI is InChI=1S/C15H15N3O3S/c1-9-5-15(17-10(2)16-9)22-7-14(19)18-11-3-4-12-13(6-11)21-8-20-12/h3-6H,7-8H2,1-2H3,(H,18,19). The summed E-state index contributed by atoms with van der Waals surface area (Å²) >= 11 is 1.38. The Morgan fingerprint density at radius 2 is 2.05 bits per heavy atom. The number of rotatable bonds is 4. The number of thioether (sulfide) groups is 1. The van der Waals surface area contributed by atoms with Gasteiger partial charge in [0.05, 0.1) is 5.75 Å². The number of ether oxygens (including phenoxy) is 2. The highest BCUT2D eigenvalue weighted by Gasteiger charge is 2.14. The lowest BCUT2D eigenvalue weighted by Crippen LogP contribution is -2.14. The van der Waals surface area contributed by atoms with Crippen molar-refractivity contribution in [1.82, 2.24) is 9.97 Å². The van der Waals surface area contributed by atoms with Gasteiger partial charge in [-0.3, -0.25) is 4.79 Å². The molecule has 2 heterocycles. The molecule has 1 aliphatic rings. The lowest BCUT2D eigenvalue weighted by Gasteiger charge is -2.06. The number of nitrogens with zero attached hydrogens (tertiary/aromatic N) is 2. The van der Waals surface area contributed by atoms with Gasteiger partial charge in [0, 0.05) is 17.4 Å². The van der Waals surface area contributed by atoms with Crippen LogP contribution in [0.15, 0.2) is 29.3 Å². The van der Waals surface area contributed by atoms with Crippen LogP contribution >= 0.6 is 11.8 Å². The average molecular weight is 317 g/mol. The summed E-state index contributed by atoms with van der Waals surface area (Å²) < 4.78 is 10.5. The number of aryl methyl sites for hydroxylation is 2. The predicted octanol–water partition coefficient (Wildman–Crippen LogP) is 2.55. The summed E-state index contributed by atoms with van der Waals surface area (Å²) in [7, 11) is 0. The zero-order valence-corrected chi connectivity index (χ0v) is 13.1. The molecule has 0 atom stereocenters. The van der Waals surface area contributed by atoms with Gasteiger partial charge in [0.25, 0.3) is 0 Å². The highest BCUT2D eigenvalue weighted by Crippen LogP contribution is 2.34. The van der Waals surface area contributed by atoms with E-state index in [1.807, 2.05) is 19.9 Å². The van der Waals surface area contributed by atoms with Gasteiger partial charge in [0.1, 0.15) is 10.9 Å². The summed E-state index contributed by atoms with van der Waals surface area (Å²) in [5.74, 6) is 2.23. The molecule has 22 heavy (non-hydrogen) atoms. The molecule has 2 aromatic rings. The molecule has 0 aliphatic carbocycles. The molecule has 1 N–H and O–H groups in total. The van der Waals surface area contributed by atoms with Crippen LogP contribution in [0.1, 0.15) is 11.5 Å². The van der Waals surface area contributed by atoms with Crippen molar-refractivity contribution in [3.63, 3.8) is 0 Å². The first-order valence-corrected chi connectivity index (χ1v) is 7.73. The Morgan fingerprint density at radius 3 is 2.86 bits per heavy atom. The lowest BCUT2D eigenvalue weighted by atomic mass is 10.3. The number of hydrogen-bond acceptors (Lipinski definition) is 6. The second-order valence-corrected chi connectivity index (χ2v) is 5.80. The van der Waals surface area contributed by atoms with Crippen molar-refractivity contribution in [3.8, 4) is 11.5 Å². The topological polar surface area (TPSA) is 73.3 Å². The number of anilines is 1. The Hall–Kier alpha value is -2.28. The molecule has 6 nitrogen and oxygen atoms in total. The smallest absolute Gasteiger partial charge is 0.234 e. The Bertz CT molecular complexity index is 701. The van der Waals surface area contributed by atoms with Gasteiger partial charge in [-0.1, -0.05) is 11.8 Å². The van der Waals surface area contributed by atoms with E-state index in [-0.39, 0.29) is 18.5 Å². The summed E-state index contributed by atoms with van der Waals surface area (Å²) in [6.45, 7) is 3.96. The monoisotopic (exact) mass is 317 g/mol. The van der Waals surface area contributed by atoms with Crippen LogP contribution in [0.5, 0.6) is 11.5 Å². The van der Waals surface area contributed by atoms with Crippen LogP contribution in [0.25, 0.3) is 0 Å². The Kier molecular flexibility index (Phi) is 4.15. The van der Waals surface area contributed by atoms with E-state index in [2.05, 4.69) is 15.3 Å². The second kappa shape index (κ2) is 6.23. The van der Waals surface area contributed by atoms with E-state index >= 15 is 0 Å². The minimum absolute atomic E-state index is 0.0993. The molecular weight excluding hydrogens is 302 g/mol. The van der Waals surface area contributed by atoms with E-state index in [1.54, 1.807) is 18.2 Å². The molecule has 0 fully saturated rings. The summed E-state index contributed by atoms with van der Waals surface area (Å²) in [6.07, 6.45) is 0. The number of carbonyl (C=O) groups is 1. The van der Waals surface area contributed by atoms with Crippen molar-refractivity contribution in [1.29, 1.82) is 0 Å².